The summed E-state index contributed by atoms with van der Waals surface area (Å²) < 4.78 is 22.5. The highest BCUT2D eigenvalue weighted by Crippen LogP contribution is 2.14. The second-order valence-electron chi connectivity index (χ2n) is 4.96. The van der Waals surface area contributed by atoms with Crippen LogP contribution in [0.3, 0.4) is 0 Å². The molecule has 110 valence electrons. The van der Waals surface area contributed by atoms with Gasteiger partial charge in [-0.1, -0.05) is 13.3 Å². The molecule has 8 heteroatoms. The standard InChI is InChI=1S/C11H20N2O5S/c1-3-4-11(2,9(14)15)12-10(16)13-5-7-19(17,18)8-6-13/h3-8H2,1-2H3,(H,12,16)(H,14,15). The second kappa shape index (κ2) is 5.77. The summed E-state index contributed by atoms with van der Waals surface area (Å²) in [5, 5.41) is 11.6. The maximum atomic E-state index is 12.0. The summed E-state index contributed by atoms with van der Waals surface area (Å²) in [7, 11) is -3.06. The first kappa shape index (κ1) is 15.7. The van der Waals surface area contributed by atoms with Gasteiger partial charge < -0.3 is 15.3 Å². The second-order valence-corrected chi connectivity index (χ2v) is 7.26. The minimum absolute atomic E-state index is 0.0714. The van der Waals surface area contributed by atoms with Crippen LogP contribution in [0.2, 0.25) is 0 Å². The van der Waals surface area contributed by atoms with Gasteiger partial charge in [0.1, 0.15) is 5.54 Å². The number of rotatable bonds is 4. The highest BCUT2D eigenvalue weighted by atomic mass is 32.2. The number of hydrogen-bond donors (Lipinski definition) is 2. The molecule has 1 heterocycles. The molecule has 1 aliphatic heterocycles. The Morgan fingerprint density at radius 1 is 1.32 bits per heavy atom. The lowest BCUT2D eigenvalue weighted by Crippen LogP contribution is -2.58. The van der Waals surface area contributed by atoms with Gasteiger partial charge in [-0.05, 0) is 13.3 Å². The Kier molecular flexibility index (Phi) is 4.78. The zero-order valence-corrected chi connectivity index (χ0v) is 12.0. The first-order valence-electron chi connectivity index (χ1n) is 6.21. The predicted molar refractivity (Wildman–Crippen MR) is 69.7 cm³/mol. The van der Waals surface area contributed by atoms with Gasteiger partial charge in [0.05, 0.1) is 11.5 Å². The lowest BCUT2D eigenvalue weighted by Gasteiger charge is -2.32. The van der Waals surface area contributed by atoms with E-state index in [1.165, 1.54) is 11.8 Å². The van der Waals surface area contributed by atoms with Crippen LogP contribution in [-0.2, 0) is 14.6 Å². The van der Waals surface area contributed by atoms with Gasteiger partial charge in [0.15, 0.2) is 9.84 Å². The fourth-order valence-electron chi connectivity index (χ4n) is 1.95. The minimum atomic E-state index is -3.06. The molecule has 0 aromatic heterocycles. The Morgan fingerprint density at radius 3 is 2.26 bits per heavy atom. The number of aliphatic carboxylic acids is 1. The monoisotopic (exact) mass is 292 g/mol. The molecule has 0 aromatic carbocycles. The predicted octanol–water partition coefficient (Wildman–Crippen LogP) is 0.0698. The maximum absolute atomic E-state index is 12.0. The van der Waals surface area contributed by atoms with Gasteiger partial charge in [-0.2, -0.15) is 0 Å². The van der Waals surface area contributed by atoms with Gasteiger partial charge in [0, 0.05) is 13.1 Å². The van der Waals surface area contributed by atoms with E-state index in [1.54, 1.807) is 0 Å². The zero-order valence-electron chi connectivity index (χ0n) is 11.2. The van der Waals surface area contributed by atoms with Crippen molar-refractivity contribution in [1.82, 2.24) is 10.2 Å². The van der Waals surface area contributed by atoms with E-state index in [4.69, 9.17) is 5.11 Å². The summed E-state index contributed by atoms with van der Waals surface area (Å²) in [6, 6.07) is -0.520. The SMILES string of the molecule is CCCC(C)(NC(=O)N1CCS(=O)(=O)CC1)C(=O)O. The van der Waals surface area contributed by atoms with Crippen LogP contribution in [0.15, 0.2) is 0 Å². The van der Waals surface area contributed by atoms with Crippen LogP contribution < -0.4 is 5.32 Å². The summed E-state index contributed by atoms with van der Waals surface area (Å²) in [5.41, 5.74) is -1.32. The Balaban J connectivity index is 2.66. The molecule has 2 N–H and O–H groups in total. The van der Waals surface area contributed by atoms with Crippen molar-refractivity contribution in [1.29, 1.82) is 0 Å². The topological polar surface area (TPSA) is 104 Å². The third kappa shape index (κ3) is 4.09. The highest BCUT2D eigenvalue weighted by molar-refractivity contribution is 7.91. The number of urea groups is 1. The van der Waals surface area contributed by atoms with E-state index < -0.39 is 27.4 Å². The van der Waals surface area contributed by atoms with E-state index in [1.807, 2.05) is 6.92 Å². The Bertz CT molecular complexity index is 448. The molecule has 7 nitrogen and oxygen atoms in total. The number of sulfone groups is 1. The number of carbonyl (C=O) groups is 2. The number of carboxylic acids is 1. The average Bonchev–Trinajstić information content (AvgIpc) is 2.28. The minimum Gasteiger partial charge on any atom is -0.480 e. The van der Waals surface area contributed by atoms with Crippen LogP contribution in [0.1, 0.15) is 26.7 Å². The molecule has 1 rings (SSSR count). The van der Waals surface area contributed by atoms with E-state index in [2.05, 4.69) is 5.32 Å². The number of nitrogens with one attached hydrogen (secondary N) is 1. The van der Waals surface area contributed by atoms with Crippen molar-refractivity contribution in [3.8, 4) is 0 Å². The molecule has 1 saturated heterocycles. The third-order valence-electron chi connectivity index (χ3n) is 3.24. The van der Waals surface area contributed by atoms with Crippen LogP contribution >= 0.6 is 0 Å². The van der Waals surface area contributed by atoms with Crippen molar-refractivity contribution in [3.63, 3.8) is 0 Å². The number of carbonyl (C=O) groups excluding carboxylic acids is 1. The average molecular weight is 292 g/mol. The molecule has 0 aliphatic carbocycles. The normalized spacial score (nSPS) is 21.5. The van der Waals surface area contributed by atoms with Crippen molar-refractivity contribution in [3.05, 3.63) is 0 Å². The van der Waals surface area contributed by atoms with Crippen LogP contribution in [-0.4, -0.2) is 60.6 Å². The summed E-state index contributed by atoms with van der Waals surface area (Å²) in [5.74, 6) is -1.23. The summed E-state index contributed by atoms with van der Waals surface area (Å²) in [6.45, 7) is 3.50. The van der Waals surface area contributed by atoms with Gasteiger partial charge >= 0.3 is 12.0 Å². The Morgan fingerprint density at radius 2 is 1.84 bits per heavy atom. The van der Waals surface area contributed by atoms with E-state index in [0.29, 0.717) is 12.8 Å². The number of carboxylic acid groups (broad SMARTS) is 1. The van der Waals surface area contributed by atoms with E-state index in [-0.39, 0.29) is 24.6 Å². The van der Waals surface area contributed by atoms with Crippen LogP contribution in [0.5, 0.6) is 0 Å². The molecule has 2 amide bonds. The number of hydrogen-bond acceptors (Lipinski definition) is 4. The lowest BCUT2D eigenvalue weighted by molar-refractivity contribution is -0.144. The molecule has 1 unspecified atom stereocenters. The first-order chi connectivity index (χ1) is 8.70. The molecule has 1 atom stereocenters. The summed E-state index contributed by atoms with van der Waals surface area (Å²) in [4.78, 5) is 24.5. The molecule has 0 saturated carbocycles. The third-order valence-corrected chi connectivity index (χ3v) is 4.85. The van der Waals surface area contributed by atoms with Crippen molar-refractivity contribution in [2.75, 3.05) is 24.6 Å². The molecule has 0 radical (unpaired) electrons. The molecule has 1 aliphatic rings. The van der Waals surface area contributed by atoms with Crippen LogP contribution in [0.4, 0.5) is 4.79 Å². The van der Waals surface area contributed by atoms with E-state index >= 15 is 0 Å². The molecule has 1 fully saturated rings. The highest BCUT2D eigenvalue weighted by Gasteiger charge is 2.36. The summed E-state index contributed by atoms with van der Waals surface area (Å²) >= 11 is 0. The molecular weight excluding hydrogens is 272 g/mol. The van der Waals surface area contributed by atoms with Gasteiger partial charge in [-0.3, -0.25) is 0 Å². The quantitative estimate of drug-likeness (QED) is 0.763. The molecule has 19 heavy (non-hydrogen) atoms. The molecular formula is C11H20N2O5S. The maximum Gasteiger partial charge on any atom is 0.329 e. The Labute approximate surface area is 112 Å². The fraction of sp³-hybridized carbons (Fsp3) is 0.818. The van der Waals surface area contributed by atoms with Crippen LogP contribution in [0.25, 0.3) is 0 Å². The lowest BCUT2D eigenvalue weighted by atomic mass is 9.96. The van der Waals surface area contributed by atoms with Crippen molar-refractivity contribution < 1.29 is 23.1 Å². The first-order valence-corrected chi connectivity index (χ1v) is 8.03. The smallest absolute Gasteiger partial charge is 0.329 e. The van der Waals surface area contributed by atoms with Gasteiger partial charge in [0.25, 0.3) is 0 Å². The van der Waals surface area contributed by atoms with Crippen LogP contribution in [0, 0.1) is 0 Å². The largest absolute Gasteiger partial charge is 0.480 e. The number of amides is 2. The Hall–Kier alpha value is -1.31. The van der Waals surface area contributed by atoms with Gasteiger partial charge in [-0.25, -0.2) is 18.0 Å². The van der Waals surface area contributed by atoms with E-state index in [9.17, 15) is 18.0 Å². The molecule has 0 spiro atoms. The molecule has 0 bridgehead atoms. The molecule has 0 aromatic rings. The van der Waals surface area contributed by atoms with Crippen molar-refractivity contribution in [2.24, 2.45) is 0 Å². The van der Waals surface area contributed by atoms with E-state index in [0.717, 1.165) is 0 Å². The van der Waals surface area contributed by atoms with Gasteiger partial charge in [0.2, 0.25) is 0 Å². The van der Waals surface area contributed by atoms with Crippen molar-refractivity contribution in [2.45, 2.75) is 32.2 Å². The van der Waals surface area contributed by atoms with Crippen molar-refractivity contribution >= 4 is 21.8 Å². The zero-order chi connectivity index (χ0) is 14.7. The fourth-order valence-corrected chi connectivity index (χ4v) is 3.15. The number of nitrogens with zero attached hydrogens (tertiary/aromatic N) is 1. The van der Waals surface area contributed by atoms with Gasteiger partial charge in [-0.15, -0.1) is 0 Å². The summed E-state index contributed by atoms with van der Waals surface area (Å²) in [6.07, 6.45) is 0.942.